The number of carbonyl (C=O) groups is 1. The van der Waals surface area contributed by atoms with Crippen LogP contribution in [0.5, 0.6) is 0 Å². The largest absolute Gasteiger partial charge is 0.366 e. The average molecular weight is 313 g/mol. The molecule has 1 amide bonds. The molecule has 0 aliphatic heterocycles. The van der Waals surface area contributed by atoms with Gasteiger partial charge in [-0.2, -0.15) is 4.98 Å². The third-order valence-corrected chi connectivity index (χ3v) is 4.11. The van der Waals surface area contributed by atoms with Gasteiger partial charge in [-0.25, -0.2) is 9.50 Å². The SMILES string of the molecule is Cc1cc(C)n2nc(SCc3ccc(C(N)=O)cc3)nc2n1. The molecule has 0 atom stereocenters. The molecule has 0 fully saturated rings. The van der Waals surface area contributed by atoms with Crippen molar-refractivity contribution in [1.29, 1.82) is 0 Å². The standard InChI is InChI=1S/C15H15N5OS/c1-9-7-10(2)20-14(17-9)18-15(19-20)22-8-11-3-5-12(6-4-11)13(16)21/h3-7H,8H2,1-2H3,(H2,16,21). The van der Waals surface area contributed by atoms with Gasteiger partial charge in [-0.1, -0.05) is 23.9 Å². The minimum absolute atomic E-state index is 0.418. The zero-order valence-corrected chi connectivity index (χ0v) is 13.1. The fourth-order valence-corrected chi connectivity index (χ4v) is 2.90. The summed E-state index contributed by atoms with van der Waals surface area (Å²) in [5.74, 6) is 0.913. The lowest BCUT2D eigenvalue weighted by Gasteiger charge is -2.00. The minimum Gasteiger partial charge on any atom is -0.366 e. The van der Waals surface area contributed by atoms with Crippen LogP contribution in [0.25, 0.3) is 5.78 Å². The highest BCUT2D eigenvalue weighted by Crippen LogP contribution is 2.20. The lowest BCUT2D eigenvalue weighted by molar-refractivity contribution is 0.100. The van der Waals surface area contributed by atoms with Crippen molar-refractivity contribution in [3.8, 4) is 0 Å². The van der Waals surface area contributed by atoms with E-state index in [9.17, 15) is 4.79 Å². The number of aryl methyl sites for hydroxylation is 2. The molecule has 3 aromatic rings. The fourth-order valence-electron chi connectivity index (χ4n) is 2.12. The zero-order chi connectivity index (χ0) is 15.7. The lowest BCUT2D eigenvalue weighted by atomic mass is 10.1. The lowest BCUT2D eigenvalue weighted by Crippen LogP contribution is -2.10. The molecule has 2 heterocycles. The van der Waals surface area contributed by atoms with E-state index in [-0.39, 0.29) is 0 Å². The first kappa shape index (κ1) is 14.5. The monoisotopic (exact) mass is 313 g/mol. The number of carbonyl (C=O) groups excluding carboxylic acids is 1. The predicted molar refractivity (Wildman–Crippen MR) is 84.8 cm³/mol. The molecule has 0 bridgehead atoms. The zero-order valence-electron chi connectivity index (χ0n) is 12.3. The number of hydrogen-bond donors (Lipinski definition) is 1. The van der Waals surface area contributed by atoms with Crippen LogP contribution in [0.4, 0.5) is 0 Å². The molecule has 0 spiro atoms. The van der Waals surface area contributed by atoms with Gasteiger partial charge in [-0.3, -0.25) is 4.79 Å². The van der Waals surface area contributed by atoms with Crippen molar-refractivity contribution >= 4 is 23.4 Å². The molecule has 0 aliphatic carbocycles. The van der Waals surface area contributed by atoms with Crippen molar-refractivity contribution in [2.75, 3.05) is 0 Å². The Morgan fingerprint density at radius 3 is 2.64 bits per heavy atom. The number of aromatic nitrogens is 4. The van der Waals surface area contributed by atoms with Gasteiger partial charge >= 0.3 is 0 Å². The molecule has 0 saturated heterocycles. The van der Waals surface area contributed by atoms with E-state index in [2.05, 4.69) is 15.1 Å². The summed E-state index contributed by atoms with van der Waals surface area (Å²) < 4.78 is 1.74. The summed E-state index contributed by atoms with van der Waals surface area (Å²) in [6, 6.07) is 9.19. The molecular formula is C15H15N5OS. The van der Waals surface area contributed by atoms with E-state index in [0.29, 0.717) is 22.3 Å². The van der Waals surface area contributed by atoms with Gasteiger partial charge in [-0.15, -0.1) is 5.10 Å². The molecule has 0 radical (unpaired) electrons. The quantitative estimate of drug-likeness (QED) is 0.746. The summed E-state index contributed by atoms with van der Waals surface area (Å²) in [6.07, 6.45) is 0. The second-order valence-electron chi connectivity index (χ2n) is 4.99. The summed E-state index contributed by atoms with van der Waals surface area (Å²) in [4.78, 5) is 19.8. The highest BCUT2D eigenvalue weighted by atomic mass is 32.2. The number of thioether (sulfide) groups is 1. The van der Waals surface area contributed by atoms with Gasteiger partial charge in [0.05, 0.1) is 0 Å². The smallest absolute Gasteiger partial charge is 0.253 e. The Morgan fingerprint density at radius 1 is 1.23 bits per heavy atom. The van der Waals surface area contributed by atoms with Crippen molar-refractivity contribution < 1.29 is 4.79 Å². The average Bonchev–Trinajstić information content (AvgIpc) is 2.89. The molecule has 2 aromatic heterocycles. The minimum atomic E-state index is -0.418. The number of amides is 1. The summed E-state index contributed by atoms with van der Waals surface area (Å²) in [6.45, 7) is 3.92. The van der Waals surface area contributed by atoms with Crippen LogP contribution < -0.4 is 5.73 Å². The normalized spacial score (nSPS) is 11.0. The van der Waals surface area contributed by atoms with Crippen molar-refractivity contribution in [3.05, 3.63) is 52.8 Å². The topological polar surface area (TPSA) is 86.2 Å². The van der Waals surface area contributed by atoms with Crippen LogP contribution in [-0.2, 0) is 5.75 Å². The van der Waals surface area contributed by atoms with Gasteiger partial charge in [0.2, 0.25) is 11.1 Å². The molecule has 22 heavy (non-hydrogen) atoms. The van der Waals surface area contributed by atoms with Gasteiger partial charge in [-0.05, 0) is 37.6 Å². The Kier molecular flexibility index (Phi) is 3.81. The van der Waals surface area contributed by atoms with Crippen molar-refractivity contribution in [2.24, 2.45) is 5.73 Å². The fraction of sp³-hybridized carbons (Fsp3) is 0.200. The van der Waals surface area contributed by atoms with E-state index in [1.54, 1.807) is 16.6 Å². The maximum Gasteiger partial charge on any atom is 0.253 e. The van der Waals surface area contributed by atoms with Crippen LogP contribution in [-0.4, -0.2) is 25.5 Å². The predicted octanol–water partition coefficient (Wildman–Crippen LogP) is 2.13. The van der Waals surface area contributed by atoms with Crippen molar-refractivity contribution in [2.45, 2.75) is 24.8 Å². The number of fused-ring (bicyclic) bond motifs is 1. The second kappa shape index (κ2) is 5.76. The molecule has 112 valence electrons. The second-order valence-corrected chi connectivity index (χ2v) is 5.94. The van der Waals surface area contributed by atoms with Gasteiger partial charge < -0.3 is 5.73 Å². The van der Waals surface area contributed by atoms with Gasteiger partial charge in [0.15, 0.2) is 0 Å². The number of rotatable bonds is 4. The summed E-state index contributed by atoms with van der Waals surface area (Å²) in [5, 5.41) is 5.13. The van der Waals surface area contributed by atoms with Gasteiger partial charge in [0.25, 0.3) is 5.78 Å². The van der Waals surface area contributed by atoms with Crippen molar-refractivity contribution in [1.82, 2.24) is 19.6 Å². The van der Waals surface area contributed by atoms with Crippen LogP contribution >= 0.6 is 11.8 Å². The maximum atomic E-state index is 11.0. The molecule has 2 N–H and O–H groups in total. The van der Waals surface area contributed by atoms with Crippen LogP contribution in [0.15, 0.2) is 35.5 Å². The van der Waals surface area contributed by atoms with Crippen LogP contribution in [0.1, 0.15) is 27.3 Å². The Labute approximate surface area is 131 Å². The first-order valence-corrected chi connectivity index (χ1v) is 7.74. The third kappa shape index (κ3) is 2.94. The highest BCUT2D eigenvalue weighted by Gasteiger charge is 2.08. The summed E-state index contributed by atoms with van der Waals surface area (Å²) in [5.41, 5.74) is 8.75. The molecule has 0 unspecified atom stereocenters. The number of benzene rings is 1. The molecule has 0 aliphatic rings. The molecule has 3 rings (SSSR count). The molecule has 7 heteroatoms. The van der Waals surface area contributed by atoms with Crippen LogP contribution in [0.2, 0.25) is 0 Å². The Hall–Kier alpha value is -2.41. The van der Waals surface area contributed by atoms with E-state index in [0.717, 1.165) is 17.0 Å². The summed E-state index contributed by atoms with van der Waals surface area (Å²) in [7, 11) is 0. The molecule has 1 aromatic carbocycles. The van der Waals surface area contributed by atoms with Crippen molar-refractivity contribution in [3.63, 3.8) is 0 Å². The van der Waals surface area contributed by atoms with Crippen LogP contribution in [0, 0.1) is 13.8 Å². The highest BCUT2D eigenvalue weighted by molar-refractivity contribution is 7.98. The molecular weight excluding hydrogens is 298 g/mol. The third-order valence-electron chi connectivity index (χ3n) is 3.21. The van der Waals surface area contributed by atoms with Gasteiger partial charge in [0.1, 0.15) is 0 Å². The van der Waals surface area contributed by atoms with E-state index in [4.69, 9.17) is 5.73 Å². The van der Waals surface area contributed by atoms with Crippen LogP contribution in [0.3, 0.4) is 0 Å². The Morgan fingerprint density at radius 2 is 1.95 bits per heavy atom. The van der Waals surface area contributed by atoms with E-state index < -0.39 is 5.91 Å². The number of nitrogens with two attached hydrogens (primary N) is 1. The molecule has 0 saturated carbocycles. The molecule has 6 nitrogen and oxygen atoms in total. The first-order valence-electron chi connectivity index (χ1n) is 6.75. The Balaban J connectivity index is 1.76. The Bertz CT molecular complexity index is 841. The van der Waals surface area contributed by atoms with E-state index >= 15 is 0 Å². The summed E-state index contributed by atoms with van der Waals surface area (Å²) >= 11 is 1.53. The number of hydrogen-bond acceptors (Lipinski definition) is 5. The van der Waals surface area contributed by atoms with E-state index in [1.807, 2.05) is 32.0 Å². The number of primary amides is 1. The number of nitrogens with zero attached hydrogens (tertiary/aromatic N) is 4. The first-order chi connectivity index (χ1) is 10.5. The van der Waals surface area contributed by atoms with E-state index in [1.165, 1.54) is 11.8 Å². The van der Waals surface area contributed by atoms with Gasteiger partial charge in [0, 0.05) is 22.7 Å². The maximum absolute atomic E-state index is 11.0.